The number of nitrogens with one attached hydrogen (secondary N) is 1. The second kappa shape index (κ2) is 7.41. The van der Waals surface area contributed by atoms with Crippen LogP contribution >= 0.6 is 11.3 Å². The van der Waals surface area contributed by atoms with Crippen LogP contribution in [0.1, 0.15) is 51.0 Å². The molecule has 1 atom stereocenters. The van der Waals surface area contributed by atoms with Crippen molar-refractivity contribution in [1.82, 2.24) is 5.32 Å². The number of thiophene rings is 1. The van der Waals surface area contributed by atoms with Crippen molar-refractivity contribution in [3.63, 3.8) is 0 Å². The van der Waals surface area contributed by atoms with Crippen LogP contribution in [-0.4, -0.2) is 25.3 Å². The fraction of sp³-hybridized carbons (Fsp3) is 0.750. The molecule has 0 amide bonds. The lowest BCUT2D eigenvalue weighted by Gasteiger charge is -2.43. The first kappa shape index (κ1) is 15.0. The molecular weight excluding hydrogens is 254 g/mol. The van der Waals surface area contributed by atoms with Crippen LogP contribution in [0.15, 0.2) is 16.8 Å². The smallest absolute Gasteiger partial charge is 0.0831 e. The van der Waals surface area contributed by atoms with Crippen LogP contribution < -0.4 is 5.32 Å². The highest BCUT2D eigenvalue weighted by Crippen LogP contribution is 2.35. The molecule has 1 heterocycles. The summed E-state index contributed by atoms with van der Waals surface area (Å²) in [5, 5.41) is 8.12. The van der Waals surface area contributed by atoms with E-state index >= 15 is 0 Å². The molecule has 2 nitrogen and oxygen atoms in total. The van der Waals surface area contributed by atoms with Crippen LogP contribution in [0.2, 0.25) is 0 Å². The summed E-state index contributed by atoms with van der Waals surface area (Å²) in [6, 6.07) is 2.73. The Hall–Kier alpha value is -0.380. The predicted octanol–water partition coefficient (Wildman–Crippen LogP) is 4.01. The third kappa shape index (κ3) is 3.80. The van der Waals surface area contributed by atoms with E-state index in [4.69, 9.17) is 4.74 Å². The molecule has 0 radical (unpaired) electrons. The maximum Gasteiger partial charge on any atom is 0.0831 e. The van der Waals surface area contributed by atoms with Crippen molar-refractivity contribution in [2.75, 3.05) is 13.7 Å². The molecule has 2 rings (SSSR count). The highest BCUT2D eigenvalue weighted by atomic mass is 32.1. The SMILES string of the molecule is CCNC(CCc1ccsc1)C1(OC)CCCCC1. The van der Waals surface area contributed by atoms with E-state index in [9.17, 15) is 0 Å². The lowest BCUT2D eigenvalue weighted by atomic mass is 9.77. The van der Waals surface area contributed by atoms with Crippen molar-refractivity contribution in [2.24, 2.45) is 0 Å². The lowest BCUT2D eigenvalue weighted by Crippen LogP contribution is -2.53. The highest BCUT2D eigenvalue weighted by Gasteiger charge is 2.39. The van der Waals surface area contributed by atoms with Crippen LogP contribution in [0.4, 0.5) is 0 Å². The van der Waals surface area contributed by atoms with Crippen molar-refractivity contribution in [2.45, 2.75) is 63.5 Å². The number of rotatable bonds is 7. The van der Waals surface area contributed by atoms with Gasteiger partial charge in [0.25, 0.3) is 0 Å². The zero-order chi connectivity index (χ0) is 13.6. The van der Waals surface area contributed by atoms with Crippen LogP contribution in [-0.2, 0) is 11.2 Å². The number of ether oxygens (including phenoxy) is 1. The summed E-state index contributed by atoms with van der Waals surface area (Å²) in [7, 11) is 1.90. The van der Waals surface area contributed by atoms with Gasteiger partial charge in [0.1, 0.15) is 0 Å². The Kier molecular flexibility index (Phi) is 5.86. The molecule has 1 aromatic rings. The topological polar surface area (TPSA) is 21.3 Å². The van der Waals surface area contributed by atoms with Gasteiger partial charge in [-0.15, -0.1) is 0 Å². The van der Waals surface area contributed by atoms with Gasteiger partial charge in [0, 0.05) is 13.2 Å². The average Bonchev–Trinajstić information content (AvgIpc) is 2.97. The highest BCUT2D eigenvalue weighted by molar-refractivity contribution is 7.07. The van der Waals surface area contributed by atoms with Crippen LogP contribution in [0.3, 0.4) is 0 Å². The van der Waals surface area contributed by atoms with Crippen molar-refractivity contribution < 1.29 is 4.74 Å². The zero-order valence-electron chi connectivity index (χ0n) is 12.3. The molecule has 0 aromatic carbocycles. The van der Waals surface area contributed by atoms with Crippen molar-refractivity contribution in [1.29, 1.82) is 0 Å². The fourth-order valence-corrected chi connectivity index (χ4v) is 4.09. The van der Waals surface area contributed by atoms with Gasteiger partial charge in [-0.05, 0) is 54.6 Å². The van der Waals surface area contributed by atoms with Gasteiger partial charge < -0.3 is 10.1 Å². The zero-order valence-corrected chi connectivity index (χ0v) is 13.1. The number of likely N-dealkylation sites (N-methyl/N-ethyl adjacent to an activating group) is 1. The Balaban J connectivity index is 2.00. The van der Waals surface area contributed by atoms with Gasteiger partial charge >= 0.3 is 0 Å². The molecular formula is C16H27NOS. The van der Waals surface area contributed by atoms with Gasteiger partial charge in [0.2, 0.25) is 0 Å². The molecule has 1 unspecified atom stereocenters. The standard InChI is InChI=1S/C16H27NOS/c1-3-17-15(8-7-14-9-12-19-13-14)16(18-2)10-5-4-6-11-16/h9,12-13,15,17H,3-8,10-11H2,1-2H3. The minimum absolute atomic E-state index is 0.0737. The normalized spacial score (nSPS) is 20.3. The summed E-state index contributed by atoms with van der Waals surface area (Å²) in [5.74, 6) is 0. The molecule has 108 valence electrons. The molecule has 19 heavy (non-hydrogen) atoms. The molecule has 0 aliphatic heterocycles. The molecule has 1 aromatic heterocycles. The van der Waals surface area contributed by atoms with E-state index in [1.165, 1.54) is 44.1 Å². The molecule has 1 N–H and O–H groups in total. The second-order valence-corrected chi connectivity index (χ2v) is 6.39. The minimum atomic E-state index is 0.0737. The Morgan fingerprint density at radius 2 is 2.16 bits per heavy atom. The summed E-state index contributed by atoms with van der Waals surface area (Å²) < 4.78 is 6.00. The molecule has 0 saturated heterocycles. The third-order valence-electron chi connectivity index (χ3n) is 4.49. The second-order valence-electron chi connectivity index (χ2n) is 5.61. The molecule has 1 aliphatic carbocycles. The van der Waals surface area contributed by atoms with E-state index in [-0.39, 0.29) is 5.60 Å². The van der Waals surface area contributed by atoms with Gasteiger partial charge in [-0.2, -0.15) is 11.3 Å². The molecule has 0 bridgehead atoms. The number of aryl methyl sites for hydroxylation is 1. The Labute approximate surface area is 121 Å². The molecule has 1 aliphatic rings. The molecule has 3 heteroatoms. The summed E-state index contributed by atoms with van der Waals surface area (Å²) in [6.45, 7) is 3.23. The first-order chi connectivity index (χ1) is 9.30. The van der Waals surface area contributed by atoms with Gasteiger partial charge in [0.05, 0.1) is 5.60 Å². The monoisotopic (exact) mass is 281 g/mol. The predicted molar refractivity (Wildman–Crippen MR) is 82.9 cm³/mol. The van der Waals surface area contributed by atoms with E-state index in [1.54, 1.807) is 11.3 Å². The number of hydrogen-bond donors (Lipinski definition) is 1. The quantitative estimate of drug-likeness (QED) is 0.815. The maximum atomic E-state index is 6.00. The van der Waals surface area contributed by atoms with Crippen molar-refractivity contribution >= 4 is 11.3 Å². The van der Waals surface area contributed by atoms with E-state index < -0.39 is 0 Å². The van der Waals surface area contributed by atoms with E-state index in [0.29, 0.717) is 6.04 Å². The first-order valence-corrected chi connectivity index (χ1v) is 8.54. The number of methoxy groups -OCH3 is 1. The minimum Gasteiger partial charge on any atom is -0.377 e. The van der Waals surface area contributed by atoms with Gasteiger partial charge in [-0.1, -0.05) is 26.2 Å². The van der Waals surface area contributed by atoms with E-state index in [2.05, 4.69) is 29.1 Å². The van der Waals surface area contributed by atoms with Gasteiger partial charge in [0.15, 0.2) is 0 Å². The molecule has 1 fully saturated rings. The maximum absolute atomic E-state index is 6.00. The summed E-state index contributed by atoms with van der Waals surface area (Å²) >= 11 is 1.79. The summed E-state index contributed by atoms with van der Waals surface area (Å²) in [5.41, 5.74) is 1.54. The van der Waals surface area contributed by atoms with Crippen LogP contribution in [0.5, 0.6) is 0 Å². The van der Waals surface area contributed by atoms with Crippen LogP contribution in [0.25, 0.3) is 0 Å². The van der Waals surface area contributed by atoms with Crippen LogP contribution in [0, 0.1) is 0 Å². The Morgan fingerprint density at radius 3 is 2.74 bits per heavy atom. The fourth-order valence-electron chi connectivity index (χ4n) is 3.39. The Bertz CT molecular complexity index is 344. The first-order valence-electron chi connectivity index (χ1n) is 7.60. The summed E-state index contributed by atoms with van der Waals surface area (Å²) in [6.07, 6.45) is 8.76. The van der Waals surface area contributed by atoms with Crippen molar-refractivity contribution in [3.8, 4) is 0 Å². The van der Waals surface area contributed by atoms with Gasteiger partial charge in [-0.3, -0.25) is 0 Å². The largest absolute Gasteiger partial charge is 0.377 e. The number of hydrogen-bond acceptors (Lipinski definition) is 3. The summed E-state index contributed by atoms with van der Waals surface area (Å²) in [4.78, 5) is 0. The van der Waals surface area contributed by atoms with Crippen molar-refractivity contribution in [3.05, 3.63) is 22.4 Å². The Morgan fingerprint density at radius 1 is 1.37 bits per heavy atom. The molecule has 0 spiro atoms. The van der Waals surface area contributed by atoms with Gasteiger partial charge in [-0.25, -0.2) is 0 Å². The lowest BCUT2D eigenvalue weighted by molar-refractivity contribution is -0.0688. The average molecular weight is 281 g/mol. The van der Waals surface area contributed by atoms with E-state index in [1.807, 2.05) is 7.11 Å². The molecule has 1 saturated carbocycles. The third-order valence-corrected chi connectivity index (χ3v) is 5.23. The van der Waals surface area contributed by atoms with E-state index in [0.717, 1.165) is 13.0 Å².